The normalized spacial score (nSPS) is 17.5. The molecule has 0 saturated carbocycles. The topological polar surface area (TPSA) is 72.5 Å². The quantitative estimate of drug-likeness (QED) is 0.755. The second-order valence-corrected chi connectivity index (χ2v) is 8.74. The monoisotopic (exact) mass is 330 g/mol. The van der Waals surface area contributed by atoms with Crippen molar-refractivity contribution in [3.63, 3.8) is 0 Å². The molecule has 7 nitrogen and oxygen atoms in total. The van der Waals surface area contributed by atoms with Gasteiger partial charge in [0.15, 0.2) is 0 Å². The summed E-state index contributed by atoms with van der Waals surface area (Å²) in [5, 5.41) is -0.474. The van der Waals surface area contributed by atoms with E-state index in [1.807, 2.05) is 20.8 Å². The standard InChI is InChI=1S/C14H24N3O4S/c1-14(2,3)21-13(18)16-7-5-12(6-8-16)22(19,20)17-10-9-15(4)11-17/h9-12H,5-8H2,1-4H3/q+1. The summed E-state index contributed by atoms with van der Waals surface area (Å²) in [7, 11) is -1.63. The molecule has 0 radical (unpaired) electrons. The van der Waals surface area contributed by atoms with E-state index in [1.165, 1.54) is 16.5 Å². The van der Waals surface area contributed by atoms with E-state index in [2.05, 4.69) is 0 Å². The van der Waals surface area contributed by atoms with E-state index in [9.17, 15) is 13.2 Å². The largest absolute Gasteiger partial charge is 0.444 e. The molecule has 8 heteroatoms. The molecule has 22 heavy (non-hydrogen) atoms. The Kier molecular flexibility index (Phi) is 4.51. The second-order valence-electron chi connectivity index (χ2n) is 6.62. The molecule has 0 atom stereocenters. The van der Waals surface area contributed by atoms with Crippen molar-refractivity contribution in [2.75, 3.05) is 13.1 Å². The molecule has 2 rings (SSSR count). The Morgan fingerprint density at radius 2 is 1.86 bits per heavy atom. The third kappa shape index (κ3) is 3.79. The molecule has 1 aromatic rings. The van der Waals surface area contributed by atoms with E-state index < -0.39 is 20.9 Å². The smallest absolute Gasteiger partial charge is 0.410 e. The first-order valence-corrected chi connectivity index (χ1v) is 8.85. The van der Waals surface area contributed by atoms with Gasteiger partial charge in [0, 0.05) is 13.1 Å². The van der Waals surface area contributed by atoms with Gasteiger partial charge in [0.1, 0.15) is 23.2 Å². The van der Waals surface area contributed by atoms with Gasteiger partial charge in [0.25, 0.3) is 6.33 Å². The maximum absolute atomic E-state index is 12.5. The number of likely N-dealkylation sites (tertiary alicyclic amines) is 1. The molecule has 0 unspecified atom stereocenters. The first-order valence-electron chi connectivity index (χ1n) is 7.35. The van der Waals surface area contributed by atoms with Crippen molar-refractivity contribution in [1.82, 2.24) is 8.87 Å². The van der Waals surface area contributed by atoms with Crippen LogP contribution >= 0.6 is 0 Å². The Hall–Kier alpha value is -1.57. The lowest BCUT2D eigenvalue weighted by molar-refractivity contribution is -0.670. The van der Waals surface area contributed by atoms with E-state index >= 15 is 0 Å². The summed E-state index contributed by atoms with van der Waals surface area (Å²) < 4.78 is 33.3. The minimum atomic E-state index is -3.41. The summed E-state index contributed by atoms with van der Waals surface area (Å²) >= 11 is 0. The summed E-state index contributed by atoms with van der Waals surface area (Å²) in [6.45, 7) is 6.23. The minimum Gasteiger partial charge on any atom is -0.444 e. The van der Waals surface area contributed by atoms with Crippen LogP contribution in [0.5, 0.6) is 0 Å². The fraction of sp³-hybridized carbons (Fsp3) is 0.714. The van der Waals surface area contributed by atoms with Crippen LogP contribution < -0.4 is 4.57 Å². The lowest BCUT2D eigenvalue weighted by Crippen LogP contribution is -2.45. The highest BCUT2D eigenvalue weighted by Crippen LogP contribution is 2.21. The molecule has 1 aromatic heterocycles. The molecule has 1 aliphatic heterocycles. The average molecular weight is 330 g/mol. The average Bonchev–Trinajstić information content (AvgIpc) is 2.84. The Morgan fingerprint density at radius 1 is 1.27 bits per heavy atom. The van der Waals surface area contributed by atoms with Crippen LogP contribution in [0, 0.1) is 0 Å². The number of aryl methyl sites for hydroxylation is 1. The molecule has 0 N–H and O–H groups in total. The molecule has 0 aromatic carbocycles. The van der Waals surface area contributed by atoms with E-state index in [0.29, 0.717) is 25.9 Å². The molecule has 1 saturated heterocycles. The van der Waals surface area contributed by atoms with Crippen molar-refractivity contribution in [3.05, 3.63) is 18.7 Å². The summed E-state index contributed by atoms with van der Waals surface area (Å²) in [5.74, 6) is 0. The number of hydrogen-bond donors (Lipinski definition) is 0. The zero-order valence-corrected chi connectivity index (χ0v) is 14.3. The molecule has 1 amide bonds. The van der Waals surface area contributed by atoms with Crippen LogP contribution in [0.4, 0.5) is 4.79 Å². The molecule has 0 bridgehead atoms. The van der Waals surface area contributed by atoms with Gasteiger partial charge < -0.3 is 9.64 Å². The Morgan fingerprint density at radius 3 is 2.32 bits per heavy atom. The van der Waals surface area contributed by atoms with Gasteiger partial charge in [-0.2, -0.15) is 8.42 Å². The zero-order chi connectivity index (χ0) is 16.5. The fourth-order valence-corrected chi connectivity index (χ4v) is 4.07. The van der Waals surface area contributed by atoms with Crippen molar-refractivity contribution < 1.29 is 22.5 Å². The van der Waals surface area contributed by atoms with Gasteiger partial charge in [-0.05, 0) is 33.6 Å². The van der Waals surface area contributed by atoms with Crippen LogP contribution in [0.1, 0.15) is 33.6 Å². The van der Waals surface area contributed by atoms with Crippen LogP contribution in [0.15, 0.2) is 18.7 Å². The zero-order valence-electron chi connectivity index (χ0n) is 13.5. The summed E-state index contributed by atoms with van der Waals surface area (Å²) in [6, 6.07) is 0. The molecule has 124 valence electrons. The molecular formula is C14H24N3O4S+. The fourth-order valence-electron chi connectivity index (χ4n) is 2.41. The van der Waals surface area contributed by atoms with Gasteiger partial charge in [-0.1, -0.05) is 0 Å². The van der Waals surface area contributed by atoms with Crippen LogP contribution in [0.2, 0.25) is 0 Å². The Labute approximate surface area is 131 Å². The van der Waals surface area contributed by atoms with Crippen molar-refractivity contribution in [2.45, 2.75) is 44.5 Å². The number of carbonyl (C=O) groups excluding carboxylic acids is 1. The molecule has 1 fully saturated rings. The van der Waals surface area contributed by atoms with Crippen molar-refractivity contribution in [2.24, 2.45) is 7.05 Å². The van der Waals surface area contributed by atoms with E-state index in [0.717, 1.165) is 0 Å². The highest BCUT2D eigenvalue weighted by Gasteiger charge is 2.36. The van der Waals surface area contributed by atoms with Crippen molar-refractivity contribution in [1.29, 1.82) is 0 Å². The second kappa shape index (κ2) is 5.91. The third-order valence-electron chi connectivity index (χ3n) is 3.55. The van der Waals surface area contributed by atoms with Gasteiger partial charge in [0.05, 0.1) is 7.05 Å². The van der Waals surface area contributed by atoms with Crippen LogP contribution in [0.3, 0.4) is 0 Å². The van der Waals surface area contributed by atoms with Gasteiger partial charge in [-0.3, -0.25) is 0 Å². The first-order chi connectivity index (χ1) is 10.1. The van der Waals surface area contributed by atoms with Gasteiger partial charge in [0.2, 0.25) is 0 Å². The number of nitrogens with zero attached hydrogens (tertiary/aromatic N) is 3. The molecule has 0 spiro atoms. The number of ether oxygens (including phenoxy) is 1. The van der Waals surface area contributed by atoms with Gasteiger partial charge >= 0.3 is 16.1 Å². The minimum absolute atomic E-state index is 0.379. The lowest BCUT2D eigenvalue weighted by atomic mass is 10.1. The number of amides is 1. The highest BCUT2D eigenvalue weighted by molar-refractivity contribution is 7.90. The van der Waals surface area contributed by atoms with Crippen LogP contribution in [-0.4, -0.2) is 47.3 Å². The highest BCUT2D eigenvalue weighted by atomic mass is 32.2. The third-order valence-corrected chi connectivity index (χ3v) is 5.67. The summed E-state index contributed by atoms with van der Waals surface area (Å²) in [4.78, 5) is 13.6. The van der Waals surface area contributed by atoms with E-state index in [-0.39, 0.29) is 6.09 Å². The molecule has 0 aliphatic carbocycles. The number of hydrogen-bond acceptors (Lipinski definition) is 4. The predicted octanol–water partition coefficient (Wildman–Crippen LogP) is 0.890. The Balaban J connectivity index is 1.99. The lowest BCUT2D eigenvalue weighted by Gasteiger charge is -2.32. The number of piperidine rings is 1. The predicted molar refractivity (Wildman–Crippen MR) is 80.8 cm³/mol. The number of carbonyl (C=O) groups is 1. The molecule has 1 aliphatic rings. The maximum atomic E-state index is 12.5. The maximum Gasteiger partial charge on any atom is 0.410 e. The van der Waals surface area contributed by atoms with Crippen molar-refractivity contribution in [3.8, 4) is 0 Å². The number of aromatic nitrogens is 2. The first kappa shape index (κ1) is 16.8. The Bertz CT molecular complexity index is 637. The number of rotatable bonds is 2. The SMILES string of the molecule is C[n+]1ccn(S(=O)(=O)C2CCN(C(=O)OC(C)(C)C)CC2)c1. The molecular weight excluding hydrogens is 306 g/mol. The van der Waals surface area contributed by atoms with Crippen LogP contribution in [0.25, 0.3) is 0 Å². The van der Waals surface area contributed by atoms with Crippen molar-refractivity contribution >= 4 is 16.1 Å². The summed E-state index contributed by atoms with van der Waals surface area (Å²) in [6.07, 6.45) is 5.22. The molecule has 2 heterocycles. The number of imidazole rings is 1. The van der Waals surface area contributed by atoms with E-state index in [1.54, 1.807) is 22.7 Å². The van der Waals surface area contributed by atoms with Gasteiger partial charge in [-0.15, -0.1) is 3.97 Å². The summed E-state index contributed by atoms with van der Waals surface area (Å²) in [5.41, 5.74) is -0.542. The van der Waals surface area contributed by atoms with E-state index in [4.69, 9.17) is 4.74 Å². The van der Waals surface area contributed by atoms with Crippen LogP contribution in [-0.2, 0) is 21.8 Å². The van der Waals surface area contributed by atoms with Gasteiger partial charge in [-0.25, -0.2) is 9.36 Å².